The van der Waals surface area contributed by atoms with Crippen molar-refractivity contribution < 1.29 is 8.42 Å². The summed E-state index contributed by atoms with van der Waals surface area (Å²) in [6.45, 7) is 5.65. The topological polar surface area (TPSA) is 73.8 Å². The van der Waals surface area contributed by atoms with Gasteiger partial charge in [-0.05, 0) is 37.9 Å². The van der Waals surface area contributed by atoms with Gasteiger partial charge in [-0.1, -0.05) is 24.3 Å². The molecule has 1 aliphatic rings. The molecule has 1 fully saturated rings. The fourth-order valence-corrected chi connectivity index (χ4v) is 3.33. The minimum absolute atomic E-state index is 0.00344. The Morgan fingerprint density at radius 3 is 2.35 bits per heavy atom. The molecule has 0 atom stereocenters. The first-order valence-corrected chi connectivity index (χ1v) is 9.71. The van der Waals surface area contributed by atoms with Gasteiger partial charge in [-0.15, -0.1) is 0 Å². The van der Waals surface area contributed by atoms with Crippen molar-refractivity contribution in [1.82, 2.24) is 14.9 Å². The second-order valence-corrected chi connectivity index (χ2v) is 7.57. The van der Waals surface area contributed by atoms with Crippen LogP contribution in [0.1, 0.15) is 30.9 Å². The van der Waals surface area contributed by atoms with Crippen molar-refractivity contribution in [2.75, 3.05) is 26.7 Å². The Morgan fingerprint density at radius 2 is 1.78 bits per heavy atom. The molecule has 0 spiro atoms. The summed E-state index contributed by atoms with van der Waals surface area (Å²) < 4.78 is 25.4. The summed E-state index contributed by atoms with van der Waals surface area (Å²) in [7, 11) is -1.79. The van der Waals surface area contributed by atoms with Crippen molar-refractivity contribution in [1.29, 1.82) is 0 Å². The molecule has 0 aliphatic carbocycles. The highest BCUT2D eigenvalue weighted by atomic mass is 32.2. The van der Waals surface area contributed by atoms with E-state index in [9.17, 15) is 8.42 Å². The molecule has 0 amide bonds. The minimum atomic E-state index is -3.22. The van der Waals surface area contributed by atoms with Gasteiger partial charge in [0.05, 0.1) is 12.3 Å². The second-order valence-electron chi connectivity index (χ2n) is 5.64. The average Bonchev–Trinajstić information content (AvgIpc) is 3.07. The molecule has 7 heteroatoms. The number of likely N-dealkylation sites (tertiary alicyclic amines) is 1. The summed E-state index contributed by atoms with van der Waals surface area (Å²) in [6.07, 6.45) is 2.44. The number of aliphatic imine (C=N–C) groups is 1. The number of nitrogens with one attached hydrogen (secondary N) is 2. The van der Waals surface area contributed by atoms with Crippen LogP contribution in [0.15, 0.2) is 29.3 Å². The third-order valence-corrected chi connectivity index (χ3v) is 5.18. The predicted octanol–water partition coefficient (Wildman–Crippen LogP) is 1.30. The van der Waals surface area contributed by atoms with Crippen molar-refractivity contribution >= 4 is 16.0 Å². The van der Waals surface area contributed by atoms with Crippen molar-refractivity contribution in [3.8, 4) is 0 Å². The van der Waals surface area contributed by atoms with Gasteiger partial charge in [0.2, 0.25) is 10.0 Å². The van der Waals surface area contributed by atoms with Crippen LogP contribution in [-0.4, -0.2) is 46.0 Å². The van der Waals surface area contributed by atoms with Crippen LogP contribution in [0.3, 0.4) is 0 Å². The number of hydrogen-bond donors (Lipinski definition) is 2. The van der Waals surface area contributed by atoms with Gasteiger partial charge < -0.3 is 10.2 Å². The van der Waals surface area contributed by atoms with Crippen molar-refractivity contribution in [2.24, 2.45) is 4.99 Å². The quantitative estimate of drug-likeness (QED) is 0.606. The van der Waals surface area contributed by atoms with Gasteiger partial charge in [-0.3, -0.25) is 0 Å². The first-order chi connectivity index (χ1) is 11.0. The Hall–Kier alpha value is -1.60. The van der Waals surface area contributed by atoms with Gasteiger partial charge >= 0.3 is 0 Å². The first-order valence-electron chi connectivity index (χ1n) is 8.06. The summed E-state index contributed by atoms with van der Waals surface area (Å²) in [5, 5.41) is 3.33. The number of rotatable bonds is 6. The van der Waals surface area contributed by atoms with E-state index in [4.69, 9.17) is 0 Å². The summed E-state index contributed by atoms with van der Waals surface area (Å²) in [5.74, 6) is 0.968. The van der Waals surface area contributed by atoms with Crippen LogP contribution in [-0.2, 0) is 22.3 Å². The van der Waals surface area contributed by atoms with E-state index in [1.807, 2.05) is 24.3 Å². The molecule has 6 nitrogen and oxygen atoms in total. The zero-order valence-electron chi connectivity index (χ0n) is 13.9. The minimum Gasteiger partial charge on any atom is -0.357 e. The Balaban J connectivity index is 2.00. The molecule has 2 rings (SSSR count). The lowest BCUT2D eigenvalue weighted by atomic mass is 10.1. The normalized spacial score (nSPS) is 15.9. The maximum Gasteiger partial charge on any atom is 0.215 e. The standard InChI is InChI=1S/C16H26N4O2S/c1-3-18-16(20-10-4-5-11-20)19-12-14-6-8-15(9-7-14)13-23(21,22)17-2/h6-9,17H,3-5,10-13H2,1-2H3,(H,18,19). The molecule has 0 radical (unpaired) electrons. The maximum atomic E-state index is 11.5. The average molecular weight is 338 g/mol. The van der Waals surface area contributed by atoms with Crippen molar-refractivity contribution in [3.05, 3.63) is 35.4 Å². The molecule has 1 saturated heterocycles. The summed E-state index contributed by atoms with van der Waals surface area (Å²) in [5.41, 5.74) is 1.85. The molecular weight excluding hydrogens is 312 g/mol. The number of hydrogen-bond acceptors (Lipinski definition) is 3. The zero-order chi connectivity index (χ0) is 16.7. The molecular formula is C16H26N4O2S. The molecule has 0 aromatic heterocycles. The molecule has 2 N–H and O–H groups in total. The lowest BCUT2D eigenvalue weighted by molar-refractivity contribution is 0.493. The Bertz CT molecular complexity index is 620. The number of guanidine groups is 1. The van der Waals surface area contributed by atoms with E-state index in [-0.39, 0.29) is 5.75 Å². The summed E-state index contributed by atoms with van der Waals surface area (Å²) in [4.78, 5) is 6.98. The lowest BCUT2D eigenvalue weighted by Crippen LogP contribution is -2.39. The Kier molecular flexibility index (Phi) is 6.41. The van der Waals surface area contributed by atoms with Gasteiger partial charge in [0.1, 0.15) is 0 Å². The first kappa shape index (κ1) is 17.7. The third-order valence-electron chi connectivity index (χ3n) is 3.84. The second kappa shape index (κ2) is 8.31. The predicted molar refractivity (Wildman–Crippen MR) is 93.7 cm³/mol. The van der Waals surface area contributed by atoms with Gasteiger partial charge in [0, 0.05) is 19.6 Å². The summed E-state index contributed by atoms with van der Waals surface area (Å²) in [6, 6.07) is 7.58. The van der Waals surface area contributed by atoms with Crippen molar-refractivity contribution in [3.63, 3.8) is 0 Å². The van der Waals surface area contributed by atoms with E-state index in [0.29, 0.717) is 6.54 Å². The van der Waals surface area contributed by atoms with Crippen LogP contribution in [0.5, 0.6) is 0 Å². The van der Waals surface area contributed by atoms with Crippen LogP contribution in [0.4, 0.5) is 0 Å². The number of benzene rings is 1. The van der Waals surface area contributed by atoms with E-state index in [2.05, 4.69) is 26.9 Å². The molecule has 1 aromatic carbocycles. The summed E-state index contributed by atoms with van der Waals surface area (Å²) >= 11 is 0. The maximum absolute atomic E-state index is 11.5. The largest absolute Gasteiger partial charge is 0.357 e. The fourth-order valence-electron chi connectivity index (χ4n) is 2.55. The van der Waals surface area contributed by atoms with Gasteiger partial charge in [0.15, 0.2) is 5.96 Å². The molecule has 23 heavy (non-hydrogen) atoms. The molecule has 0 saturated carbocycles. The number of sulfonamides is 1. The molecule has 1 aliphatic heterocycles. The highest BCUT2D eigenvalue weighted by molar-refractivity contribution is 7.88. The number of nitrogens with zero attached hydrogens (tertiary/aromatic N) is 2. The van der Waals surface area contributed by atoms with Crippen LogP contribution < -0.4 is 10.0 Å². The van der Waals surface area contributed by atoms with E-state index in [0.717, 1.165) is 36.7 Å². The van der Waals surface area contributed by atoms with Crippen LogP contribution in [0.2, 0.25) is 0 Å². The SMILES string of the molecule is CCNC(=NCc1ccc(CS(=O)(=O)NC)cc1)N1CCCC1. The van der Waals surface area contributed by atoms with Gasteiger partial charge in [-0.2, -0.15) is 0 Å². The molecule has 0 bridgehead atoms. The van der Waals surface area contributed by atoms with Crippen molar-refractivity contribution in [2.45, 2.75) is 32.1 Å². The Labute approximate surface area is 139 Å². The van der Waals surface area contributed by atoms with E-state index in [1.165, 1.54) is 19.9 Å². The molecule has 0 unspecified atom stereocenters. The molecule has 128 valence electrons. The Morgan fingerprint density at radius 1 is 1.17 bits per heavy atom. The molecule has 1 aromatic rings. The smallest absolute Gasteiger partial charge is 0.215 e. The zero-order valence-corrected chi connectivity index (χ0v) is 14.7. The van der Waals surface area contributed by atoms with Gasteiger partial charge in [0.25, 0.3) is 0 Å². The third kappa shape index (κ3) is 5.51. The highest BCUT2D eigenvalue weighted by Gasteiger charge is 2.15. The van der Waals surface area contributed by atoms with Gasteiger partial charge in [-0.25, -0.2) is 18.1 Å². The van der Waals surface area contributed by atoms with E-state index >= 15 is 0 Å². The van der Waals surface area contributed by atoms with Crippen LogP contribution >= 0.6 is 0 Å². The lowest BCUT2D eigenvalue weighted by Gasteiger charge is -2.20. The van der Waals surface area contributed by atoms with Crippen LogP contribution in [0.25, 0.3) is 0 Å². The highest BCUT2D eigenvalue weighted by Crippen LogP contribution is 2.11. The molecule has 1 heterocycles. The van der Waals surface area contributed by atoms with E-state index < -0.39 is 10.0 Å². The monoisotopic (exact) mass is 338 g/mol. The van der Waals surface area contributed by atoms with E-state index in [1.54, 1.807) is 0 Å². The van der Waals surface area contributed by atoms with Crippen LogP contribution in [0, 0.1) is 0 Å². The fraction of sp³-hybridized carbons (Fsp3) is 0.562.